The molecule has 300 valence electrons. The van der Waals surface area contributed by atoms with Crippen LogP contribution in [0.1, 0.15) is 80.1 Å². The van der Waals surface area contributed by atoms with Crippen LogP contribution < -0.4 is 0 Å². The van der Waals surface area contributed by atoms with Crippen LogP contribution in [0.4, 0.5) is 0 Å². The molecule has 2 aromatic carbocycles. The van der Waals surface area contributed by atoms with Crippen LogP contribution in [0.15, 0.2) is 94.8 Å². The zero-order chi connectivity index (χ0) is 40.2. The quantitative estimate of drug-likeness (QED) is 0.200. The van der Waals surface area contributed by atoms with Gasteiger partial charge in [0.25, 0.3) is 0 Å². The lowest BCUT2D eigenvalue weighted by molar-refractivity contribution is 0.0808. The van der Waals surface area contributed by atoms with Crippen LogP contribution >= 0.6 is 0 Å². The van der Waals surface area contributed by atoms with Gasteiger partial charge in [0, 0.05) is 11.8 Å². The smallest absolute Gasteiger partial charge is 0.192 e. The fourth-order valence-electron chi connectivity index (χ4n) is 8.51. The average Bonchev–Trinajstić information content (AvgIpc) is 3.64. The van der Waals surface area contributed by atoms with Crippen molar-refractivity contribution < 1.29 is 35.9 Å². The van der Waals surface area contributed by atoms with Crippen molar-refractivity contribution in [1.29, 1.82) is 0 Å². The van der Waals surface area contributed by atoms with E-state index in [-0.39, 0.29) is 43.9 Å². The lowest BCUT2D eigenvalue weighted by Crippen LogP contribution is -2.56. The third-order valence-corrected chi connectivity index (χ3v) is 27.7. The molecule has 0 aliphatic heterocycles. The SMILES string of the molecule is CC(C)(C)[Si](C)(C)O[C@H]1CC=C[C@@]2(S(=O)(=O)c3ccccc3)[C@@H](O)CC[C@@H]12.CC(C)(C)[Si](C)(C)O[C@H]1CC=C[C@@]2(S(=O)(=O)c3ccccc3)[C@@H](O)CC[C@@H]12. The third kappa shape index (κ3) is 7.36. The number of hydrogen-bond donors (Lipinski definition) is 2. The van der Waals surface area contributed by atoms with E-state index in [1.54, 1.807) is 72.8 Å². The minimum absolute atomic E-state index is 0.0480. The van der Waals surface area contributed by atoms with E-state index in [9.17, 15) is 27.0 Å². The molecular weight excluding hydrogens is 753 g/mol. The van der Waals surface area contributed by atoms with E-state index in [1.165, 1.54) is 0 Å². The van der Waals surface area contributed by atoms with Gasteiger partial charge in [-0.1, -0.05) is 102 Å². The van der Waals surface area contributed by atoms with Gasteiger partial charge in [0.15, 0.2) is 36.3 Å². The monoisotopic (exact) mass is 816 g/mol. The standard InChI is InChI=1S/2C21H32O4SSi/c2*1-20(2,3)27(4,5)25-18-12-9-15-21(17(18)13-14-19(21)22)26(23,24)16-10-7-6-8-11-16/h2*6-11,15,17-19,22H,12-14H2,1-5H3/t2*17-,18-,19-,21-/m00/s1. The summed E-state index contributed by atoms with van der Waals surface area (Å²) >= 11 is 0. The zero-order valence-corrected chi connectivity index (χ0v) is 37.6. The molecule has 2 aromatic rings. The van der Waals surface area contributed by atoms with E-state index in [2.05, 4.69) is 67.7 Å². The Morgan fingerprint density at radius 3 is 1.19 bits per heavy atom. The molecule has 0 heterocycles. The molecule has 0 amide bonds. The van der Waals surface area contributed by atoms with E-state index in [0.29, 0.717) is 38.5 Å². The van der Waals surface area contributed by atoms with Crippen LogP contribution in [0.2, 0.25) is 36.3 Å². The molecule has 8 atom stereocenters. The van der Waals surface area contributed by atoms with Crippen molar-refractivity contribution in [2.45, 2.75) is 160 Å². The summed E-state index contributed by atoms with van der Waals surface area (Å²) in [6, 6.07) is 17.0. The number of aliphatic hydroxyl groups excluding tert-OH is 2. The van der Waals surface area contributed by atoms with Crippen LogP contribution in [0.25, 0.3) is 0 Å². The maximum Gasteiger partial charge on any atom is 0.192 e. The van der Waals surface area contributed by atoms with Crippen molar-refractivity contribution in [2.24, 2.45) is 11.8 Å². The maximum atomic E-state index is 13.7. The van der Waals surface area contributed by atoms with Gasteiger partial charge in [-0.3, -0.25) is 0 Å². The van der Waals surface area contributed by atoms with Crippen LogP contribution in [-0.4, -0.2) is 77.6 Å². The second-order valence-corrected chi connectivity index (χ2v) is 32.7. The molecule has 6 rings (SSSR count). The first kappa shape index (κ1) is 43.2. The Morgan fingerprint density at radius 1 is 0.574 bits per heavy atom. The largest absolute Gasteiger partial charge is 0.413 e. The fourth-order valence-corrected chi connectivity index (χ4v) is 15.9. The molecule has 54 heavy (non-hydrogen) atoms. The van der Waals surface area contributed by atoms with Gasteiger partial charge >= 0.3 is 0 Å². The Hall–Kier alpha value is -1.91. The van der Waals surface area contributed by atoms with Gasteiger partial charge in [-0.25, -0.2) is 16.8 Å². The number of benzene rings is 2. The summed E-state index contributed by atoms with van der Waals surface area (Å²) < 4.78 is 65.4. The Balaban J connectivity index is 0.000000208. The van der Waals surface area contributed by atoms with Crippen molar-refractivity contribution in [3.8, 4) is 0 Å². The van der Waals surface area contributed by atoms with E-state index >= 15 is 0 Å². The number of hydrogen-bond acceptors (Lipinski definition) is 8. The summed E-state index contributed by atoms with van der Waals surface area (Å²) in [6.07, 6.45) is 8.86. The summed E-state index contributed by atoms with van der Waals surface area (Å²) in [5, 5.41) is 21.8. The summed E-state index contributed by atoms with van der Waals surface area (Å²) in [4.78, 5) is 0.544. The first-order valence-corrected chi connectivity index (χ1v) is 28.3. The summed E-state index contributed by atoms with van der Waals surface area (Å²) in [5.74, 6) is -0.450. The molecule has 4 aliphatic rings. The number of aliphatic hydroxyl groups is 2. The van der Waals surface area contributed by atoms with Crippen LogP contribution in [0, 0.1) is 11.8 Å². The Morgan fingerprint density at radius 2 is 0.889 bits per heavy atom. The minimum atomic E-state index is -3.73. The van der Waals surface area contributed by atoms with Crippen molar-refractivity contribution in [1.82, 2.24) is 0 Å². The molecule has 0 unspecified atom stereocenters. The summed E-state index contributed by atoms with van der Waals surface area (Å²) in [5.41, 5.74) is 0. The molecule has 12 heteroatoms. The molecule has 0 bridgehead atoms. The maximum absolute atomic E-state index is 13.7. The summed E-state index contributed by atoms with van der Waals surface area (Å²) in [6.45, 7) is 21.9. The van der Waals surface area contributed by atoms with Gasteiger partial charge < -0.3 is 19.1 Å². The van der Waals surface area contributed by atoms with E-state index in [0.717, 1.165) is 0 Å². The Bertz CT molecular complexity index is 1760. The third-order valence-electron chi connectivity index (χ3n) is 13.6. The van der Waals surface area contributed by atoms with Gasteiger partial charge in [0.05, 0.1) is 34.2 Å². The first-order valence-electron chi connectivity index (χ1n) is 19.5. The molecule has 2 fully saturated rings. The normalized spacial score (nSPS) is 31.7. The van der Waals surface area contributed by atoms with Crippen LogP contribution in [0.3, 0.4) is 0 Å². The second-order valence-electron chi connectivity index (χ2n) is 18.8. The van der Waals surface area contributed by atoms with Crippen molar-refractivity contribution in [3.05, 3.63) is 85.0 Å². The second kappa shape index (κ2) is 15.1. The minimum Gasteiger partial charge on any atom is -0.413 e. The average molecular weight is 817 g/mol. The van der Waals surface area contributed by atoms with Gasteiger partial charge in [-0.2, -0.15) is 0 Å². The molecule has 4 aliphatic carbocycles. The molecule has 0 aromatic heterocycles. The molecule has 8 nitrogen and oxygen atoms in total. The molecule has 0 saturated heterocycles. The molecule has 0 spiro atoms. The van der Waals surface area contributed by atoms with Gasteiger partial charge in [-0.05, 0) is 99.1 Å². The molecule has 2 saturated carbocycles. The number of fused-ring (bicyclic) bond motifs is 2. The Labute approximate surface area is 327 Å². The first-order chi connectivity index (χ1) is 24.9. The fraction of sp³-hybridized carbons (Fsp3) is 0.619. The number of sulfone groups is 2. The lowest BCUT2D eigenvalue weighted by Gasteiger charge is -2.46. The van der Waals surface area contributed by atoms with Crippen molar-refractivity contribution >= 4 is 36.3 Å². The highest BCUT2D eigenvalue weighted by molar-refractivity contribution is 7.93. The van der Waals surface area contributed by atoms with E-state index < -0.39 is 58.0 Å². The number of rotatable bonds is 8. The lowest BCUT2D eigenvalue weighted by atomic mass is 9.83. The predicted octanol–water partition coefficient (Wildman–Crippen LogP) is 8.64. The van der Waals surface area contributed by atoms with Crippen LogP contribution in [0.5, 0.6) is 0 Å². The van der Waals surface area contributed by atoms with E-state index in [1.807, 2.05) is 12.2 Å². The Kier molecular flexibility index (Phi) is 12.1. The topological polar surface area (TPSA) is 127 Å². The van der Waals surface area contributed by atoms with Gasteiger partial charge in [-0.15, -0.1) is 0 Å². The highest BCUT2D eigenvalue weighted by atomic mass is 32.2. The van der Waals surface area contributed by atoms with Crippen LogP contribution in [-0.2, 0) is 28.5 Å². The highest BCUT2D eigenvalue weighted by Gasteiger charge is 2.63. The van der Waals surface area contributed by atoms with Crippen molar-refractivity contribution in [3.63, 3.8) is 0 Å². The zero-order valence-electron chi connectivity index (χ0n) is 34.0. The van der Waals surface area contributed by atoms with Crippen molar-refractivity contribution in [2.75, 3.05) is 0 Å². The summed E-state index contributed by atoms with van der Waals surface area (Å²) in [7, 11) is -11.6. The highest BCUT2D eigenvalue weighted by Crippen LogP contribution is 2.54. The molecular formula is C42H64O8S2Si2. The van der Waals surface area contributed by atoms with Gasteiger partial charge in [0.1, 0.15) is 9.49 Å². The van der Waals surface area contributed by atoms with E-state index in [4.69, 9.17) is 8.85 Å². The molecule has 0 radical (unpaired) electrons. The molecule has 2 N–H and O–H groups in total. The van der Waals surface area contributed by atoms with Gasteiger partial charge in [0.2, 0.25) is 0 Å². The predicted molar refractivity (Wildman–Crippen MR) is 222 cm³/mol.